The van der Waals surface area contributed by atoms with Crippen LogP contribution >= 0.6 is 0 Å². The molecule has 0 unspecified atom stereocenters. The molecule has 4 aromatic rings. The van der Waals surface area contributed by atoms with Crippen molar-refractivity contribution in [1.29, 1.82) is 0 Å². The lowest BCUT2D eigenvalue weighted by molar-refractivity contribution is -0.136. The van der Waals surface area contributed by atoms with Gasteiger partial charge in [0.05, 0.1) is 12.8 Å². The van der Waals surface area contributed by atoms with Crippen LogP contribution in [-0.2, 0) is 44.1 Å². The molecule has 1 saturated heterocycles. The third-order valence-corrected chi connectivity index (χ3v) is 12.4. The van der Waals surface area contributed by atoms with E-state index in [4.69, 9.17) is 9.47 Å². The Balaban J connectivity index is 1.22. The van der Waals surface area contributed by atoms with E-state index >= 15 is 0 Å². The van der Waals surface area contributed by atoms with Gasteiger partial charge in [0, 0.05) is 63.2 Å². The standard InChI is InChI=1S/C56H78N2O6/c1-35-25-39(49(61)43(29-35)53(5,6)7)33-41-27-37(3)31-45(55(11,12)13)51(41)63-47(59)17-19-57-21-23-58(24-22-57)20-18-48(60)64-52-42(28-38(4)32-46(52)56(14,15)16)34-40-26-36(2)30-44(50(40)62)54(8,9)10/h25-32,61-62H,17-24,33-34H2,1-16H3. The highest BCUT2D eigenvalue weighted by atomic mass is 16.5. The lowest BCUT2D eigenvalue weighted by atomic mass is 9.81. The Morgan fingerprint density at radius 1 is 0.453 bits per heavy atom. The second-order valence-electron chi connectivity index (χ2n) is 22.7. The van der Waals surface area contributed by atoms with Gasteiger partial charge in [-0.1, -0.05) is 154 Å². The van der Waals surface area contributed by atoms with Gasteiger partial charge in [-0.3, -0.25) is 9.59 Å². The Morgan fingerprint density at radius 3 is 1.00 bits per heavy atom. The summed E-state index contributed by atoms with van der Waals surface area (Å²) >= 11 is 0. The summed E-state index contributed by atoms with van der Waals surface area (Å²) in [6.07, 6.45) is 1.39. The van der Waals surface area contributed by atoms with Gasteiger partial charge in [-0.25, -0.2) is 0 Å². The number of aromatic hydroxyl groups is 2. The molecule has 1 fully saturated rings. The molecule has 2 N–H and O–H groups in total. The Morgan fingerprint density at radius 2 is 0.719 bits per heavy atom. The minimum absolute atomic E-state index is 0.226. The average molecular weight is 875 g/mol. The summed E-state index contributed by atoms with van der Waals surface area (Å²) in [6, 6.07) is 16.5. The first-order chi connectivity index (χ1) is 29.5. The van der Waals surface area contributed by atoms with Crippen molar-refractivity contribution in [2.75, 3.05) is 39.3 Å². The predicted molar refractivity (Wildman–Crippen MR) is 262 cm³/mol. The number of rotatable bonds is 12. The van der Waals surface area contributed by atoms with Gasteiger partial charge in [-0.05, 0) is 82.7 Å². The maximum Gasteiger partial charge on any atom is 0.312 e. The lowest BCUT2D eigenvalue weighted by Gasteiger charge is -2.34. The van der Waals surface area contributed by atoms with Crippen LogP contribution in [0, 0.1) is 27.7 Å². The van der Waals surface area contributed by atoms with Gasteiger partial charge in [-0.2, -0.15) is 0 Å². The summed E-state index contributed by atoms with van der Waals surface area (Å²) in [7, 11) is 0. The van der Waals surface area contributed by atoms with E-state index in [-0.39, 0.29) is 46.4 Å². The Bertz CT molecular complexity index is 2170. The molecule has 0 bridgehead atoms. The third kappa shape index (κ3) is 12.8. The SMILES string of the molecule is Cc1cc(Cc2cc(C)cc(C(C)(C)C)c2OC(=O)CCN2CCN(CCC(=O)Oc3c(Cc4cc(C)cc(C(C)(C)C)c4O)cc(C)cc3C(C)(C)C)CC2)c(O)c(C(C)(C)C)c1. The second kappa shape index (κ2) is 19.4. The number of nitrogens with zero attached hydrogens (tertiary/aromatic N) is 2. The molecule has 64 heavy (non-hydrogen) atoms. The zero-order valence-corrected chi connectivity index (χ0v) is 42.1. The highest BCUT2D eigenvalue weighted by Gasteiger charge is 2.29. The maximum atomic E-state index is 13.7. The third-order valence-electron chi connectivity index (χ3n) is 12.4. The van der Waals surface area contributed by atoms with E-state index in [0.717, 1.165) is 92.9 Å². The van der Waals surface area contributed by atoms with Crippen molar-refractivity contribution in [3.8, 4) is 23.0 Å². The van der Waals surface area contributed by atoms with E-state index in [1.165, 1.54) is 0 Å². The number of phenols is 2. The summed E-state index contributed by atoms with van der Waals surface area (Å²) in [5, 5.41) is 22.9. The molecule has 0 radical (unpaired) electrons. The van der Waals surface area contributed by atoms with E-state index in [1.54, 1.807) is 0 Å². The fourth-order valence-electron chi connectivity index (χ4n) is 8.91. The number of piperazine rings is 1. The van der Waals surface area contributed by atoms with Crippen molar-refractivity contribution in [3.63, 3.8) is 0 Å². The number of carbonyl (C=O) groups excluding carboxylic acids is 2. The van der Waals surface area contributed by atoms with Crippen molar-refractivity contribution < 1.29 is 29.3 Å². The summed E-state index contributed by atoms with van der Waals surface area (Å²) < 4.78 is 12.6. The van der Waals surface area contributed by atoms with Crippen LogP contribution < -0.4 is 9.47 Å². The van der Waals surface area contributed by atoms with Crippen molar-refractivity contribution in [2.24, 2.45) is 0 Å². The van der Waals surface area contributed by atoms with Crippen molar-refractivity contribution in [1.82, 2.24) is 9.80 Å². The number of aryl methyl sites for hydroxylation is 4. The number of carbonyl (C=O) groups is 2. The van der Waals surface area contributed by atoms with E-state index in [9.17, 15) is 19.8 Å². The molecule has 0 aliphatic carbocycles. The van der Waals surface area contributed by atoms with E-state index in [0.29, 0.717) is 48.9 Å². The molecule has 0 saturated carbocycles. The fraction of sp³-hybridized carbons (Fsp3) is 0.536. The Kier molecular flexibility index (Phi) is 15.3. The molecule has 8 nitrogen and oxygen atoms in total. The number of esters is 2. The lowest BCUT2D eigenvalue weighted by Crippen LogP contribution is -2.47. The molecular formula is C56H78N2O6. The van der Waals surface area contributed by atoms with Crippen LogP contribution in [0.2, 0.25) is 0 Å². The van der Waals surface area contributed by atoms with E-state index < -0.39 is 0 Å². The normalized spacial score (nSPS) is 14.5. The molecule has 8 heteroatoms. The maximum absolute atomic E-state index is 13.7. The summed E-state index contributed by atoms with van der Waals surface area (Å²) in [5.41, 5.74) is 10.5. The molecule has 348 valence electrons. The minimum atomic E-state index is -0.276. The minimum Gasteiger partial charge on any atom is -0.507 e. The van der Waals surface area contributed by atoms with Crippen LogP contribution in [0.15, 0.2) is 48.5 Å². The smallest absolute Gasteiger partial charge is 0.312 e. The average Bonchev–Trinajstić information content (AvgIpc) is 3.16. The summed E-state index contributed by atoms with van der Waals surface area (Å²) in [6.45, 7) is 37.9. The second-order valence-corrected chi connectivity index (χ2v) is 22.7. The van der Waals surface area contributed by atoms with Crippen LogP contribution in [0.5, 0.6) is 23.0 Å². The Hall–Kier alpha value is -4.66. The summed E-state index contributed by atoms with van der Waals surface area (Å²) in [5.74, 6) is 1.22. The molecule has 5 rings (SSSR count). The first-order valence-corrected chi connectivity index (χ1v) is 23.3. The molecule has 0 amide bonds. The molecule has 4 aromatic carbocycles. The fourth-order valence-corrected chi connectivity index (χ4v) is 8.91. The first-order valence-electron chi connectivity index (χ1n) is 23.3. The monoisotopic (exact) mass is 875 g/mol. The zero-order chi connectivity index (χ0) is 47.7. The number of benzene rings is 4. The van der Waals surface area contributed by atoms with Crippen LogP contribution in [0.4, 0.5) is 0 Å². The number of ether oxygens (including phenoxy) is 2. The van der Waals surface area contributed by atoms with E-state index in [2.05, 4.69) is 157 Å². The molecule has 1 aliphatic rings. The molecule has 1 aliphatic heterocycles. The van der Waals surface area contributed by atoms with Gasteiger partial charge >= 0.3 is 11.9 Å². The van der Waals surface area contributed by atoms with Gasteiger partial charge in [-0.15, -0.1) is 0 Å². The van der Waals surface area contributed by atoms with Crippen molar-refractivity contribution in [2.45, 2.75) is 158 Å². The molecule has 0 spiro atoms. The highest BCUT2D eigenvalue weighted by molar-refractivity contribution is 5.75. The molecular weight excluding hydrogens is 797 g/mol. The van der Waals surface area contributed by atoms with Crippen LogP contribution in [0.3, 0.4) is 0 Å². The predicted octanol–water partition coefficient (Wildman–Crippen LogP) is 11.6. The Labute approximate surface area is 385 Å². The van der Waals surface area contributed by atoms with Gasteiger partial charge < -0.3 is 29.5 Å². The molecule has 1 heterocycles. The van der Waals surface area contributed by atoms with Crippen LogP contribution in [0.25, 0.3) is 0 Å². The first kappa shape index (κ1) is 50.3. The molecule has 0 aromatic heterocycles. The van der Waals surface area contributed by atoms with Gasteiger partial charge in [0.2, 0.25) is 0 Å². The van der Waals surface area contributed by atoms with Gasteiger partial charge in [0.1, 0.15) is 23.0 Å². The quantitative estimate of drug-likeness (QED) is 0.107. The number of hydrogen-bond donors (Lipinski definition) is 2. The number of hydrogen-bond acceptors (Lipinski definition) is 8. The van der Waals surface area contributed by atoms with E-state index in [1.807, 2.05) is 12.1 Å². The van der Waals surface area contributed by atoms with Gasteiger partial charge in [0.15, 0.2) is 0 Å². The van der Waals surface area contributed by atoms with Crippen LogP contribution in [0.1, 0.15) is 163 Å². The molecule has 0 atom stereocenters. The summed E-state index contributed by atoms with van der Waals surface area (Å²) in [4.78, 5) is 31.9. The van der Waals surface area contributed by atoms with Crippen molar-refractivity contribution in [3.05, 3.63) is 115 Å². The highest BCUT2D eigenvalue weighted by Crippen LogP contribution is 2.42. The topological polar surface area (TPSA) is 99.5 Å². The van der Waals surface area contributed by atoms with Crippen LogP contribution in [-0.4, -0.2) is 71.2 Å². The largest absolute Gasteiger partial charge is 0.507 e. The van der Waals surface area contributed by atoms with Gasteiger partial charge in [0.25, 0.3) is 0 Å². The number of phenolic OH excluding ortho intramolecular Hbond substituents is 2. The van der Waals surface area contributed by atoms with Crippen molar-refractivity contribution >= 4 is 11.9 Å². The zero-order valence-electron chi connectivity index (χ0n) is 42.1.